The number of anilines is 1. The van der Waals surface area contributed by atoms with Gasteiger partial charge in [-0.3, -0.25) is 0 Å². The highest BCUT2D eigenvalue weighted by Crippen LogP contribution is 2.28. The standard InChI is InChI=1S/C12H20N2S/c1-12(6-3-2-4-7-12)14-9-11-10(13)5-8-15-11/h5,8,14H,2-4,6-7,9,13H2,1H3. The maximum Gasteiger partial charge on any atom is 0.0468 e. The van der Waals surface area contributed by atoms with Crippen LogP contribution in [-0.2, 0) is 6.54 Å². The predicted molar refractivity (Wildman–Crippen MR) is 67.1 cm³/mol. The average molecular weight is 224 g/mol. The van der Waals surface area contributed by atoms with Crippen molar-refractivity contribution in [2.75, 3.05) is 5.73 Å². The van der Waals surface area contributed by atoms with E-state index in [2.05, 4.69) is 17.6 Å². The number of rotatable bonds is 3. The topological polar surface area (TPSA) is 38.0 Å². The summed E-state index contributed by atoms with van der Waals surface area (Å²) >= 11 is 1.75. The lowest BCUT2D eigenvalue weighted by atomic mass is 9.83. The van der Waals surface area contributed by atoms with Gasteiger partial charge in [0.2, 0.25) is 0 Å². The fraction of sp³-hybridized carbons (Fsp3) is 0.667. The van der Waals surface area contributed by atoms with Gasteiger partial charge in [-0.25, -0.2) is 0 Å². The molecule has 2 rings (SSSR count). The minimum absolute atomic E-state index is 0.342. The van der Waals surface area contributed by atoms with E-state index in [4.69, 9.17) is 5.73 Å². The van der Waals surface area contributed by atoms with E-state index < -0.39 is 0 Å². The third kappa shape index (κ3) is 2.73. The largest absolute Gasteiger partial charge is 0.398 e. The monoisotopic (exact) mass is 224 g/mol. The number of hydrogen-bond donors (Lipinski definition) is 2. The number of thiophene rings is 1. The number of hydrogen-bond acceptors (Lipinski definition) is 3. The molecule has 84 valence electrons. The van der Waals surface area contributed by atoms with E-state index in [-0.39, 0.29) is 0 Å². The van der Waals surface area contributed by atoms with Crippen LogP contribution in [0.3, 0.4) is 0 Å². The Kier molecular flexibility index (Phi) is 3.32. The molecule has 0 radical (unpaired) electrons. The van der Waals surface area contributed by atoms with Crippen LogP contribution in [0.4, 0.5) is 5.69 Å². The Hall–Kier alpha value is -0.540. The lowest BCUT2D eigenvalue weighted by molar-refractivity contribution is 0.253. The van der Waals surface area contributed by atoms with E-state index >= 15 is 0 Å². The summed E-state index contributed by atoms with van der Waals surface area (Å²) in [7, 11) is 0. The quantitative estimate of drug-likeness (QED) is 0.827. The van der Waals surface area contributed by atoms with Gasteiger partial charge in [0.1, 0.15) is 0 Å². The molecule has 3 N–H and O–H groups in total. The van der Waals surface area contributed by atoms with E-state index in [1.807, 2.05) is 6.07 Å². The second-order valence-corrected chi connectivity index (χ2v) is 5.77. The zero-order valence-electron chi connectivity index (χ0n) is 9.38. The predicted octanol–water partition coefficient (Wildman–Crippen LogP) is 3.14. The molecule has 1 aliphatic carbocycles. The molecule has 2 nitrogen and oxygen atoms in total. The number of nitrogens with one attached hydrogen (secondary N) is 1. The maximum atomic E-state index is 5.87. The number of nitrogen functional groups attached to an aromatic ring is 1. The highest BCUT2D eigenvalue weighted by Gasteiger charge is 2.25. The van der Waals surface area contributed by atoms with Gasteiger partial charge < -0.3 is 11.1 Å². The molecule has 1 heterocycles. The summed E-state index contributed by atoms with van der Waals surface area (Å²) in [6.45, 7) is 3.27. The molecule has 0 spiro atoms. The summed E-state index contributed by atoms with van der Waals surface area (Å²) < 4.78 is 0. The molecule has 1 aromatic heterocycles. The van der Waals surface area contributed by atoms with Crippen molar-refractivity contribution in [1.82, 2.24) is 5.32 Å². The SMILES string of the molecule is CC1(NCc2sccc2N)CCCCC1. The molecule has 0 amide bonds. The third-order valence-electron chi connectivity index (χ3n) is 3.41. The Morgan fingerprint density at radius 2 is 2.13 bits per heavy atom. The Morgan fingerprint density at radius 1 is 1.40 bits per heavy atom. The Labute approximate surface area is 95.9 Å². The zero-order valence-corrected chi connectivity index (χ0v) is 10.2. The van der Waals surface area contributed by atoms with Crippen molar-refractivity contribution >= 4 is 17.0 Å². The summed E-state index contributed by atoms with van der Waals surface area (Å²) in [6.07, 6.45) is 6.74. The van der Waals surface area contributed by atoms with Gasteiger partial charge >= 0.3 is 0 Å². The van der Waals surface area contributed by atoms with Gasteiger partial charge in [-0.2, -0.15) is 0 Å². The lowest BCUT2D eigenvalue weighted by Gasteiger charge is -2.34. The van der Waals surface area contributed by atoms with Gasteiger partial charge in [0.05, 0.1) is 0 Å². The van der Waals surface area contributed by atoms with Crippen LogP contribution in [-0.4, -0.2) is 5.54 Å². The summed E-state index contributed by atoms with van der Waals surface area (Å²) in [5.41, 5.74) is 7.15. The molecule has 1 saturated carbocycles. The Bertz CT molecular complexity index is 313. The summed E-state index contributed by atoms with van der Waals surface area (Å²) in [5, 5.41) is 5.74. The summed E-state index contributed by atoms with van der Waals surface area (Å²) in [6, 6.07) is 1.99. The third-order valence-corrected chi connectivity index (χ3v) is 4.35. The first-order chi connectivity index (χ1) is 7.20. The Balaban J connectivity index is 1.89. The van der Waals surface area contributed by atoms with Crippen LogP contribution < -0.4 is 11.1 Å². The van der Waals surface area contributed by atoms with E-state index in [9.17, 15) is 0 Å². The average Bonchev–Trinajstić information content (AvgIpc) is 2.62. The Morgan fingerprint density at radius 3 is 2.73 bits per heavy atom. The van der Waals surface area contributed by atoms with Crippen LogP contribution in [0, 0.1) is 0 Å². The van der Waals surface area contributed by atoms with Gasteiger partial charge in [0.15, 0.2) is 0 Å². The molecule has 0 bridgehead atoms. The van der Waals surface area contributed by atoms with Crippen molar-refractivity contribution < 1.29 is 0 Å². The van der Waals surface area contributed by atoms with E-state index in [0.29, 0.717) is 5.54 Å². The molecule has 15 heavy (non-hydrogen) atoms. The van der Waals surface area contributed by atoms with Gasteiger partial charge in [-0.15, -0.1) is 11.3 Å². The molecule has 0 unspecified atom stereocenters. The van der Waals surface area contributed by atoms with Gasteiger partial charge in [-0.05, 0) is 31.2 Å². The fourth-order valence-corrected chi connectivity index (χ4v) is 3.04. The van der Waals surface area contributed by atoms with E-state index in [1.165, 1.54) is 37.0 Å². The van der Waals surface area contributed by atoms with Crippen LogP contribution in [0.1, 0.15) is 43.9 Å². The van der Waals surface area contributed by atoms with Gasteiger partial charge in [0.25, 0.3) is 0 Å². The molecule has 0 aliphatic heterocycles. The molecular formula is C12H20N2S. The first-order valence-corrected chi connectivity index (χ1v) is 6.64. The van der Waals surface area contributed by atoms with Crippen molar-refractivity contribution in [3.63, 3.8) is 0 Å². The van der Waals surface area contributed by atoms with Crippen molar-refractivity contribution in [3.05, 3.63) is 16.3 Å². The van der Waals surface area contributed by atoms with Crippen LogP contribution in [0.15, 0.2) is 11.4 Å². The second-order valence-electron chi connectivity index (χ2n) is 4.77. The van der Waals surface area contributed by atoms with Crippen LogP contribution in [0.5, 0.6) is 0 Å². The van der Waals surface area contributed by atoms with E-state index in [0.717, 1.165) is 12.2 Å². The van der Waals surface area contributed by atoms with Crippen molar-refractivity contribution in [1.29, 1.82) is 0 Å². The summed E-state index contributed by atoms with van der Waals surface area (Å²) in [5.74, 6) is 0. The molecule has 0 aromatic carbocycles. The zero-order chi connectivity index (χ0) is 10.7. The lowest BCUT2D eigenvalue weighted by Crippen LogP contribution is -2.43. The smallest absolute Gasteiger partial charge is 0.0468 e. The molecule has 1 fully saturated rings. The van der Waals surface area contributed by atoms with Crippen molar-refractivity contribution in [2.45, 2.75) is 51.1 Å². The minimum Gasteiger partial charge on any atom is -0.398 e. The first kappa shape index (κ1) is 11.0. The summed E-state index contributed by atoms with van der Waals surface area (Å²) in [4.78, 5) is 1.28. The highest BCUT2D eigenvalue weighted by molar-refractivity contribution is 7.10. The highest BCUT2D eigenvalue weighted by atomic mass is 32.1. The first-order valence-electron chi connectivity index (χ1n) is 5.76. The second kappa shape index (κ2) is 4.54. The number of nitrogens with two attached hydrogens (primary N) is 1. The molecule has 0 atom stereocenters. The maximum absolute atomic E-state index is 5.87. The normalized spacial score (nSPS) is 20.3. The molecule has 1 aromatic rings. The van der Waals surface area contributed by atoms with Crippen LogP contribution in [0.2, 0.25) is 0 Å². The molecule has 1 aliphatic rings. The molecule has 0 saturated heterocycles. The molecule has 3 heteroatoms. The fourth-order valence-electron chi connectivity index (χ4n) is 2.30. The van der Waals surface area contributed by atoms with Crippen LogP contribution >= 0.6 is 11.3 Å². The van der Waals surface area contributed by atoms with Gasteiger partial charge in [0, 0.05) is 22.6 Å². The molecular weight excluding hydrogens is 204 g/mol. The van der Waals surface area contributed by atoms with Crippen LogP contribution in [0.25, 0.3) is 0 Å². The van der Waals surface area contributed by atoms with Crippen molar-refractivity contribution in [3.8, 4) is 0 Å². The van der Waals surface area contributed by atoms with Crippen molar-refractivity contribution in [2.24, 2.45) is 0 Å². The van der Waals surface area contributed by atoms with E-state index in [1.54, 1.807) is 11.3 Å². The van der Waals surface area contributed by atoms with Gasteiger partial charge in [-0.1, -0.05) is 19.3 Å². The minimum atomic E-state index is 0.342.